The van der Waals surface area contributed by atoms with Crippen molar-refractivity contribution in [1.82, 2.24) is 0 Å². The fourth-order valence-corrected chi connectivity index (χ4v) is 0.852. The molecule has 0 aliphatic carbocycles. The summed E-state index contributed by atoms with van der Waals surface area (Å²) in [5.74, 6) is 0. The van der Waals surface area contributed by atoms with Gasteiger partial charge in [-0.3, -0.25) is 0 Å². The van der Waals surface area contributed by atoms with Crippen LogP contribution >= 0.6 is 0 Å². The van der Waals surface area contributed by atoms with E-state index < -0.39 is 0 Å². The zero-order valence-electron chi connectivity index (χ0n) is 7.24. The van der Waals surface area contributed by atoms with Crippen LogP contribution in [-0.4, -0.2) is 46.7 Å². The van der Waals surface area contributed by atoms with Gasteiger partial charge in [-0.1, -0.05) is 0 Å². The molecular formula is C7H14B2O3. The second-order valence-electron chi connectivity index (χ2n) is 2.32. The highest BCUT2D eigenvalue weighted by atomic mass is 16.7. The summed E-state index contributed by atoms with van der Waals surface area (Å²) in [6.45, 7) is 0.450. The van der Waals surface area contributed by atoms with Crippen LogP contribution in [0.25, 0.3) is 0 Å². The van der Waals surface area contributed by atoms with Gasteiger partial charge in [-0.25, -0.2) is 0 Å². The number of unbranched alkanes of at least 4 members (excludes halogenated alkanes) is 1. The Hall–Kier alpha value is 0.00987. The van der Waals surface area contributed by atoms with Crippen LogP contribution in [-0.2, 0) is 9.47 Å². The van der Waals surface area contributed by atoms with E-state index in [1.54, 1.807) is 0 Å². The Bertz CT molecular complexity index is 86.7. The average Bonchev–Trinajstić information content (AvgIpc) is 2.06. The molecule has 3 nitrogen and oxygen atoms in total. The molecule has 0 aliphatic heterocycles. The highest BCUT2D eigenvalue weighted by Gasteiger charge is 2.05. The van der Waals surface area contributed by atoms with Crippen LogP contribution in [0.3, 0.4) is 0 Å². The molecule has 0 aliphatic rings. The van der Waals surface area contributed by atoms with Crippen molar-refractivity contribution < 1.29 is 14.6 Å². The predicted octanol–water partition coefficient (Wildman–Crippen LogP) is -0.240. The topological polar surface area (TPSA) is 38.7 Å². The van der Waals surface area contributed by atoms with E-state index in [9.17, 15) is 0 Å². The van der Waals surface area contributed by atoms with Crippen molar-refractivity contribution in [3.8, 4) is 0 Å². The molecule has 0 amide bonds. The van der Waals surface area contributed by atoms with Gasteiger partial charge >= 0.3 is 0 Å². The van der Waals surface area contributed by atoms with E-state index in [-0.39, 0.29) is 25.9 Å². The van der Waals surface area contributed by atoms with E-state index in [4.69, 9.17) is 30.3 Å². The van der Waals surface area contributed by atoms with Gasteiger partial charge < -0.3 is 14.6 Å². The lowest BCUT2D eigenvalue weighted by molar-refractivity contribution is -0.121. The molecule has 0 aromatic carbocycles. The van der Waals surface area contributed by atoms with Crippen molar-refractivity contribution in [1.29, 1.82) is 0 Å². The van der Waals surface area contributed by atoms with Gasteiger partial charge in [-0.05, 0) is 19.3 Å². The van der Waals surface area contributed by atoms with E-state index in [1.807, 2.05) is 0 Å². The molecule has 0 rings (SSSR count). The third-order valence-electron chi connectivity index (χ3n) is 1.41. The molecule has 0 aromatic heterocycles. The number of hydrogen-bond acceptors (Lipinski definition) is 3. The lowest BCUT2D eigenvalue weighted by atomic mass is 10.2. The molecule has 0 saturated carbocycles. The quantitative estimate of drug-likeness (QED) is 0.308. The fraction of sp³-hybridized carbons (Fsp3) is 1.00. The summed E-state index contributed by atoms with van der Waals surface area (Å²) < 4.78 is 10.0. The molecule has 0 saturated heterocycles. The summed E-state index contributed by atoms with van der Waals surface area (Å²) >= 11 is 0. The van der Waals surface area contributed by atoms with Crippen LogP contribution in [0.4, 0.5) is 0 Å². The monoisotopic (exact) mass is 168 g/mol. The van der Waals surface area contributed by atoms with E-state index in [0.29, 0.717) is 0 Å². The van der Waals surface area contributed by atoms with Crippen molar-refractivity contribution in [2.24, 2.45) is 0 Å². The van der Waals surface area contributed by atoms with Gasteiger partial charge in [0.1, 0.15) is 15.7 Å². The first-order valence-electron chi connectivity index (χ1n) is 4.09. The van der Waals surface area contributed by atoms with Gasteiger partial charge in [0.15, 0.2) is 6.29 Å². The summed E-state index contributed by atoms with van der Waals surface area (Å²) in [5, 5.41) is 8.51. The molecule has 0 atom stereocenters. The molecule has 0 aromatic rings. The highest BCUT2D eigenvalue weighted by molar-refractivity contribution is 6.08. The van der Waals surface area contributed by atoms with Crippen LogP contribution in [0, 0.1) is 0 Å². The first-order valence-corrected chi connectivity index (χ1v) is 4.09. The summed E-state index contributed by atoms with van der Waals surface area (Å²) in [6.07, 6.45) is 1.99. The number of aliphatic hydroxyl groups is 1. The van der Waals surface area contributed by atoms with E-state index in [1.165, 1.54) is 0 Å². The zero-order chi connectivity index (χ0) is 9.23. The minimum atomic E-state index is -0.327. The first kappa shape index (κ1) is 12.0. The molecule has 12 heavy (non-hydrogen) atoms. The van der Waals surface area contributed by atoms with Crippen LogP contribution in [0.2, 0.25) is 0 Å². The Morgan fingerprint density at radius 1 is 1.08 bits per heavy atom. The molecule has 0 bridgehead atoms. The van der Waals surface area contributed by atoms with Gasteiger partial charge in [0, 0.05) is 19.6 Å². The molecular weight excluding hydrogens is 154 g/mol. The molecule has 4 radical (unpaired) electrons. The smallest absolute Gasteiger partial charge is 0.155 e. The first-order chi connectivity index (χ1) is 5.85. The third-order valence-corrected chi connectivity index (χ3v) is 1.41. The summed E-state index contributed by atoms with van der Waals surface area (Å²) in [5.41, 5.74) is 0. The average molecular weight is 168 g/mol. The van der Waals surface area contributed by atoms with Crippen LogP contribution in [0.1, 0.15) is 19.3 Å². The third kappa shape index (κ3) is 6.70. The summed E-state index contributed by atoms with van der Waals surface area (Å²) in [4.78, 5) is 0. The van der Waals surface area contributed by atoms with Crippen LogP contribution in [0.5, 0.6) is 0 Å². The van der Waals surface area contributed by atoms with Gasteiger partial charge in [-0.15, -0.1) is 0 Å². The lowest BCUT2D eigenvalue weighted by Crippen LogP contribution is -2.19. The number of hydrogen-bond donors (Lipinski definition) is 1. The van der Waals surface area contributed by atoms with Crippen LogP contribution in [0.15, 0.2) is 0 Å². The maximum atomic E-state index is 8.51. The molecule has 66 valence electrons. The van der Waals surface area contributed by atoms with Gasteiger partial charge in [0.25, 0.3) is 0 Å². The summed E-state index contributed by atoms with van der Waals surface area (Å²) in [7, 11) is 10.3. The summed E-state index contributed by atoms with van der Waals surface area (Å²) in [6, 6.07) is 0. The fourth-order valence-electron chi connectivity index (χ4n) is 0.852. The normalized spacial score (nSPS) is 10.8. The molecule has 0 heterocycles. The zero-order valence-corrected chi connectivity index (χ0v) is 7.24. The number of rotatable bonds is 8. The molecule has 5 heteroatoms. The molecule has 0 fully saturated rings. The second-order valence-corrected chi connectivity index (χ2v) is 2.32. The van der Waals surface area contributed by atoms with E-state index >= 15 is 0 Å². The number of aliphatic hydroxyl groups excluding tert-OH is 1. The maximum Gasteiger partial charge on any atom is 0.155 e. The standard InChI is InChI=1S/C7H14B2O3/c8-5-11-7(12-6-9)3-1-2-4-10/h7,10H,1-6H2. The maximum absolute atomic E-state index is 8.51. The minimum Gasteiger partial charge on any atom is -0.396 e. The predicted molar refractivity (Wildman–Crippen MR) is 48.1 cm³/mol. The van der Waals surface area contributed by atoms with Crippen molar-refractivity contribution in [3.63, 3.8) is 0 Å². The molecule has 1 N–H and O–H groups in total. The second kappa shape index (κ2) is 9.10. The molecule has 0 spiro atoms. The lowest BCUT2D eigenvalue weighted by Gasteiger charge is -2.16. The van der Waals surface area contributed by atoms with Crippen molar-refractivity contribution in [2.45, 2.75) is 25.6 Å². The molecule has 0 unspecified atom stereocenters. The van der Waals surface area contributed by atoms with E-state index in [2.05, 4.69) is 0 Å². The largest absolute Gasteiger partial charge is 0.396 e. The van der Waals surface area contributed by atoms with Crippen molar-refractivity contribution in [3.05, 3.63) is 0 Å². The van der Waals surface area contributed by atoms with Crippen LogP contribution < -0.4 is 0 Å². The SMILES string of the molecule is [B]COC(CCCCO)OC[B]. The Labute approximate surface area is 76.3 Å². The highest BCUT2D eigenvalue weighted by Crippen LogP contribution is 2.05. The Balaban J connectivity index is 3.34. The van der Waals surface area contributed by atoms with Crippen molar-refractivity contribution in [2.75, 3.05) is 19.6 Å². The minimum absolute atomic E-state index is 0.129. The van der Waals surface area contributed by atoms with Gasteiger partial charge in [-0.2, -0.15) is 0 Å². The van der Waals surface area contributed by atoms with Gasteiger partial charge in [0.05, 0.1) is 0 Å². The van der Waals surface area contributed by atoms with Gasteiger partial charge in [0.2, 0.25) is 0 Å². The van der Waals surface area contributed by atoms with Crippen molar-refractivity contribution >= 4 is 15.7 Å². The number of ether oxygens (including phenoxy) is 2. The Kier molecular flexibility index (Phi) is 9.11. The van der Waals surface area contributed by atoms with E-state index in [0.717, 1.165) is 19.3 Å². The Morgan fingerprint density at radius 3 is 2.08 bits per heavy atom. The Morgan fingerprint density at radius 2 is 1.67 bits per heavy atom.